The van der Waals surface area contributed by atoms with E-state index in [9.17, 15) is 18.4 Å². The molecule has 202 valence electrons. The van der Waals surface area contributed by atoms with Gasteiger partial charge in [-0.25, -0.2) is 18.4 Å². The van der Waals surface area contributed by atoms with Crippen LogP contribution in [0.4, 0.5) is 19.4 Å². The average Bonchev–Trinajstić information content (AvgIpc) is 3.11. The summed E-state index contributed by atoms with van der Waals surface area (Å²) in [7, 11) is 0. The molecule has 0 spiro atoms. The van der Waals surface area contributed by atoms with Gasteiger partial charge in [-0.1, -0.05) is 24.9 Å². The summed E-state index contributed by atoms with van der Waals surface area (Å²) < 4.78 is 35.6. The second-order valence-corrected chi connectivity index (χ2v) is 11.1. The summed E-state index contributed by atoms with van der Waals surface area (Å²) in [5.41, 5.74) is 0.891. The highest BCUT2D eigenvalue weighted by Gasteiger charge is 2.32. The SMILES string of the molecule is CCCCOC(=O)N1CCN(c2nc(=O)n3c4c(c(-c5ccc(F)cc5F)c(Cl)cc24)SCCC3)[C@@H](C)C1. The Kier molecular flexibility index (Phi) is 7.81. The number of aryl methyl sites for hydroxylation is 1. The molecule has 0 aliphatic carbocycles. The van der Waals surface area contributed by atoms with E-state index in [-0.39, 0.29) is 17.7 Å². The van der Waals surface area contributed by atoms with Gasteiger partial charge in [-0.05, 0) is 43.7 Å². The number of piperazine rings is 1. The second-order valence-electron chi connectivity index (χ2n) is 9.61. The molecule has 2 aromatic carbocycles. The zero-order chi connectivity index (χ0) is 27.0. The molecule has 2 aliphatic heterocycles. The molecule has 3 aromatic rings. The highest BCUT2D eigenvalue weighted by Crippen LogP contribution is 2.46. The molecule has 0 radical (unpaired) electrons. The van der Waals surface area contributed by atoms with Crippen molar-refractivity contribution in [1.82, 2.24) is 14.5 Å². The van der Waals surface area contributed by atoms with Gasteiger partial charge in [0.2, 0.25) is 0 Å². The highest BCUT2D eigenvalue weighted by molar-refractivity contribution is 7.99. The highest BCUT2D eigenvalue weighted by atomic mass is 35.5. The van der Waals surface area contributed by atoms with Gasteiger partial charge in [0.15, 0.2) is 0 Å². The van der Waals surface area contributed by atoms with Gasteiger partial charge in [-0.2, -0.15) is 4.98 Å². The van der Waals surface area contributed by atoms with E-state index in [1.54, 1.807) is 15.5 Å². The van der Waals surface area contributed by atoms with E-state index in [2.05, 4.69) is 4.98 Å². The fraction of sp³-hybridized carbons (Fsp3) is 0.444. The van der Waals surface area contributed by atoms with Gasteiger partial charge in [0.05, 0.1) is 17.1 Å². The minimum Gasteiger partial charge on any atom is -0.449 e. The van der Waals surface area contributed by atoms with Crippen molar-refractivity contribution in [1.29, 1.82) is 0 Å². The first-order chi connectivity index (χ1) is 18.3. The Morgan fingerprint density at radius 3 is 2.79 bits per heavy atom. The number of anilines is 1. The lowest BCUT2D eigenvalue weighted by atomic mass is 10.0. The van der Waals surface area contributed by atoms with Gasteiger partial charge in [0.25, 0.3) is 0 Å². The number of nitrogens with zero attached hydrogens (tertiary/aromatic N) is 4. The fourth-order valence-corrected chi connectivity index (χ4v) is 6.66. The largest absolute Gasteiger partial charge is 0.449 e. The van der Waals surface area contributed by atoms with Crippen LogP contribution in [-0.4, -0.2) is 58.6 Å². The van der Waals surface area contributed by atoms with Crippen LogP contribution >= 0.6 is 23.4 Å². The molecular weight excluding hydrogens is 534 g/mol. The fourth-order valence-electron chi connectivity index (χ4n) is 5.10. The van der Waals surface area contributed by atoms with Crippen molar-refractivity contribution in [3.05, 3.63) is 51.4 Å². The van der Waals surface area contributed by atoms with Crippen LogP contribution in [-0.2, 0) is 11.3 Å². The lowest BCUT2D eigenvalue weighted by molar-refractivity contribution is 0.0944. The number of unbranched alkanes of at least 4 members (excludes halogenated alkanes) is 1. The van der Waals surface area contributed by atoms with Crippen LogP contribution in [0.5, 0.6) is 0 Å². The van der Waals surface area contributed by atoms with Gasteiger partial charge in [-0.15, -0.1) is 11.8 Å². The number of rotatable bonds is 5. The van der Waals surface area contributed by atoms with E-state index in [1.807, 2.05) is 18.7 Å². The van der Waals surface area contributed by atoms with E-state index >= 15 is 0 Å². The summed E-state index contributed by atoms with van der Waals surface area (Å²) in [5.74, 6) is -0.195. The monoisotopic (exact) mass is 562 g/mol. The summed E-state index contributed by atoms with van der Waals surface area (Å²) in [4.78, 5) is 34.7. The molecule has 1 amide bonds. The van der Waals surface area contributed by atoms with Gasteiger partial charge in [-0.3, -0.25) is 4.57 Å². The Morgan fingerprint density at radius 1 is 1.24 bits per heavy atom. The predicted octanol–water partition coefficient (Wildman–Crippen LogP) is 5.94. The minimum atomic E-state index is -0.717. The third-order valence-electron chi connectivity index (χ3n) is 7.00. The van der Waals surface area contributed by atoms with Crippen molar-refractivity contribution in [2.45, 2.75) is 50.6 Å². The number of carbonyl (C=O) groups is 1. The van der Waals surface area contributed by atoms with Crippen molar-refractivity contribution < 1.29 is 18.3 Å². The van der Waals surface area contributed by atoms with E-state index in [0.29, 0.717) is 70.7 Å². The van der Waals surface area contributed by atoms with Crippen LogP contribution in [0, 0.1) is 11.6 Å². The molecule has 7 nitrogen and oxygen atoms in total. The van der Waals surface area contributed by atoms with E-state index in [4.69, 9.17) is 16.3 Å². The summed E-state index contributed by atoms with van der Waals surface area (Å²) in [6, 6.07) is 5.00. The summed E-state index contributed by atoms with van der Waals surface area (Å²) in [6.45, 7) is 6.19. The molecule has 1 atom stereocenters. The van der Waals surface area contributed by atoms with Gasteiger partial charge in [0.1, 0.15) is 17.5 Å². The topological polar surface area (TPSA) is 67.7 Å². The standard InChI is InChI=1S/C27H29ClF2N4O3S/c1-3-4-11-37-27(36)32-9-10-33(16(2)15-32)25-19-14-20(28)22(18-7-6-17(29)13-21(18)30)24-23(19)34(26(35)31-25)8-5-12-38-24/h6-7,13-14,16H,3-5,8-12,15H2,1-2H3/t16-/m0/s1. The minimum absolute atomic E-state index is 0.136. The molecule has 2 aliphatic rings. The number of carbonyl (C=O) groups excluding carboxylic acids is 1. The number of hydrogen-bond donors (Lipinski definition) is 0. The molecular formula is C27H29ClF2N4O3S. The molecule has 38 heavy (non-hydrogen) atoms. The number of amides is 1. The van der Waals surface area contributed by atoms with Crippen molar-refractivity contribution in [2.24, 2.45) is 0 Å². The molecule has 1 saturated heterocycles. The van der Waals surface area contributed by atoms with E-state index in [1.165, 1.54) is 23.9 Å². The Hall–Kier alpha value is -2.85. The maximum Gasteiger partial charge on any atom is 0.409 e. The third-order valence-corrected chi connectivity index (χ3v) is 8.48. The number of aromatic nitrogens is 2. The number of hydrogen-bond acceptors (Lipinski definition) is 6. The van der Waals surface area contributed by atoms with Crippen molar-refractivity contribution in [3.63, 3.8) is 0 Å². The first-order valence-corrected chi connectivity index (χ1v) is 14.2. The van der Waals surface area contributed by atoms with E-state index < -0.39 is 17.3 Å². The molecule has 0 saturated carbocycles. The van der Waals surface area contributed by atoms with Gasteiger partial charge >= 0.3 is 11.8 Å². The summed E-state index contributed by atoms with van der Waals surface area (Å²) in [5, 5.41) is 0.988. The molecule has 0 bridgehead atoms. The molecule has 3 heterocycles. The maximum absolute atomic E-state index is 14.9. The number of ether oxygens (including phenoxy) is 1. The third kappa shape index (κ3) is 4.96. The first-order valence-electron chi connectivity index (χ1n) is 12.8. The zero-order valence-corrected chi connectivity index (χ0v) is 22.9. The second kappa shape index (κ2) is 11.1. The summed E-state index contributed by atoms with van der Waals surface area (Å²) >= 11 is 8.31. The molecule has 1 aromatic heterocycles. The predicted molar refractivity (Wildman–Crippen MR) is 146 cm³/mol. The van der Waals surface area contributed by atoms with Crippen molar-refractivity contribution >= 4 is 46.2 Å². The quantitative estimate of drug-likeness (QED) is 0.359. The Labute approximate surface area is 228 Å². The Morgan fingerprint density at radius 2 is 2.05 bits per heavy atom. The molecule has 5 rings (SSSR count). The maximum atomic E-state index is 14.9. The Bertz CT molecular complexity index is 1450. The number of benzene rings is 2. The molecule has 11 heteroatoms. The first kappa shape index (κ1) is 26.7. The van der Waals surface area contributed by atoms with E-state index in [0.717, 1.165) is 25.3 Å². The van der Waals surface area contributed by atoms with Crippen LogP contribution in [0.2, 0.25) is 5.02 Å². The van der Waals surface area contributed by atoms with Crippen LogP contribution in [0.1, 0.15) is 33.1 Å². The molecule has 0 N–H and O–H groups in total. The van der Waals surface area contributed by atoms with Crippen molar-refractivity contribution in [2.75, 3.05) is 36.9 Å². The average molecular weight is 563 g/mol. The van der Waals surface area contributed by atoms with Crippen LogP contribution < -0.4 is 10.6 Å². The van der Waals surface area contributed by atoms with Crippen molar-refractivity contribution in [3.8, 4) is 11.1 Å². The van der Waals surface area contributed by atoms with Crippen LogP contribution in [0.3, 0.4) is 0 Å². The number of thioether (sulfide) groups is 1. The zero-order valence-electron chi connectivity index (χ0n) is 21.3. The Balaban J connectivity index is 1.59. The van der Waals surface area contributed by atoms with Crippen LogP contribution in [0.25, 0.3) is 22.0 Å². The summed E-state index contributed by atoms with van der Waals surface area (Å²) in [6.07, 6.45) is 2.16. The van der Waals surface area contributed by atoms with Crippen LogP contribution in [0.15, 0.2) is 34.0 Å². The number of halogens is 3. The smallest absolute Gasteiger partial charge is 0.409 e. The van der Waals surface area contributed by atoms with Gasteiger partial charge < -0.3 is 14.5 Å². The molecule has 1 fully saturated rings. The normalized spacial score (nSPS) is 17.6. The molecule has 0 unspecified atom stereocenters. The lowest BCUT2D eigenvalue weighted by Crippen LogP contribution is -2.54. The van der Waals surface area contributed by atoms with Gasteiger partial charge in [0, 0.05) is 59.7 Å². The lowest BCUT2D eigenvalue weighted by Gasteiger charge is -2.40.